The lowest BCUT2D eigenvalue weighted by Crippen LogP contribution is -2.48. The summed E-state index contributed by atoms with van der Waals surface area (Å²) in [4.78, 5) is 16.6. The van der Waals surface area contributed by atoms with Gasteiger partial charge in [-0.1, -0.05) is 18.2 Å². The van der Waals surface area contributed by atoms with Gasteiger partial charge in [0.2, 0.25) is 5.89 Å². The minimum atomic E-state index is -0.208. The van der Waals surface area contributed by atoms with Gasteiger partial charge in [-0.2, -0.15) is 0 Å². The van der Waals surface area contributed by atoms with Crippen molar-refractivity contribution in [3.05, 3.63) is 42.3 Å². The van der Waals surface area contributed by atoms with Crippen molar-refractivity contribution >= 4 is 6.03 Å². The monoisotopic (exact) mass is 341 g/mol. The predicted octanol–water partition coefficient (Wildman–Crippen LogP) is 2.55. The zero-order valence-electron chi connectivity index (χ0n) is 14.0. The summed E-state index contributed by atoms with van der Waals surface area (Å²) >= 11 is 0. The maximum atomic E-state index is 12.2. The Morgan fingerprint density at radius 2 is 2.04 bits per heavy atom. The summed E-state index contributed by atoms with van der Waals surface area (Å²) in [5, 5.41) is 15.5. The van der Waals surface area contributed by atoms with Crippen molar-refractivity contribution in [3.8, 4) is 11.5 Å². The molecule has 2 aliphatic carbocycles. The van der Waals surface area contributed by atoms with Crippen molar-refractivity contribution in [3.63, 3.8) is 0 Å². The highest BCUT2D eigenvalue weighted by molar-refractivity contribution is 5.74. The summed E-state index contributed by atoms with van der Waals surface area (Å²) < 4.78 is 5.48. The Bertz CT molecular complexity index is 731. The Kier molecular flexibility index (Phi) is 4.44. The Morgan fingerprint density at radius 1 is 1.24 bits per heavy atom. The molecular weight excluding hydrogens is 318 g/mol. The minimum Gasteiger partial charge on any atom is -0.444 e. The number of rotatable bonds is 5. The largest absolute Gasteiger partial charge is 0.444 e. The topological polar surface area (TPSA) is 87.4 Å². The van der Waals surface area contributed by atoms with Crippen LogP contribution in [0, 0.1) is 17.8 Å². The van der Waals surface area contributed by atoms with Gasteiger partial charge in [0.25, 0.3) is 0 Å². The van der Waals surface area contributed by atoms with E-state index in [4.69, 9.17) is 4.42 Å². The average molecular weight is 341 g/mol. The molecule has 0 saturated heterocycles. The van der Waals surface area contributed by atoms with E-state index in [0.717, 1.165) is 18.4 Å². The van der Waals surface area contributed by atoms with Crippen molar-refractivity contribution in [2.45, 2.75) is 31.8 Å². The number of carbonyl (C=O) groups excluding carboxylic acids is 1. The molecule has 1 aromatic carbocycles. The zero-order chi connectivity index (χ0) is 17.2. The smallest absolute Gasteiger partial charge is 0.315 e. The molecule has 0 unspecified atom stereocenters. The molecule has 6 heteroatoms. The molecule has 4 rings (SSSR count). The Balaban J connectivity index is 1.31. The fourth-order valence-electron chi connectivity index (χ4n) is 4.37. The van der Waals surface area contributed by atoms with Crippen LogP contribution < -0.4 is 10.6 Å². The van der Waals surface area contributed by atoms with Gasteiger partial charge in [-0.05, 0) is 43.2 Å². The van der Waals surface area contributed by atoms with Gasteiger partial charge in [-0.3, -0.25) is 0 Å². The van der Waals surface area contributed by atoms with Gasteiger partial charge in [0.1, 0.15) is 6.26 Å². The van der Waals surface area contributed by atoms with E-state index in [1.807, 2.05) is 30.3 Å². The molecule has 2 bridgehead atoms. The second-order valence-electron chi connectivity index (χ2n) is 7.04. The van der Waals surface area contributed by atoms with Crippen molar-refractivity contribution in [2.75, 3.05) is 6.61 Å². The van der Waals surface area contributed by atoms with E-state index in [1.54, 1.807) is 6.26 Å². The maximum Gasteiger partial charge on any atom is 0.315 e. The number of aliphatic hydroxyl groups excluding tert-OH is 1. The van der Waals surface area contributed by atoms with E-state index in [-0.39, 0.29) is 24.6 Å². The summed E-state index contributed by atoms with van der Waals surface area (Å²) in [5.41, 5.74) is 1.59. The van der Waals surface area contributed by atoms with Gasteiger partial charge in [0, 0.05) is 24.1 Å². The van der Waals surface area contributed by atoms with Gasteiger partial charge in [0.15, 0.2) is 0 Å². The molecule has 1 heterocycles. The summed E-state index contributed by atoms with van der Waals surface area (Å²) in [5.74, 6) is 1.81. The number of nitrogens with one attached hydrogen (secondary N) is 2. The van der Waals surface area contributed by atoms with Gasteiger partial charge >= 0.3 is 6.03 Å². The molecule has 6 nitrogen and oxygen atoms in total. The van der Waals surface area contributed by atoms with Crippen molar-refractivity contribution in [1.29, 1.82) is 0 Å². The first-order valence-corrected chi connectivity index (χ1v) is 8.89. The molecule has 3 N–H and O–H groups in total. The van der Waals surface area contributed by atoms with Crippen LogP contribution in [0.4, 0.5) is 4.79 Å². The Morgan fingerprint density at radius 3 is 2.84 bits per heavy atom. The molecule has 0 radical (unpaired) electrons. The van der Waals surface area contributed by atoms with E-state index in [9.17, 15) is 9.90 Å². The van der Waals surface area contributed by atoms with Crippen LogP contribution in [0.5, 0.6) is 0 Å². The number of carbonyl (C=O) groups is 1. The Labute approximate surface area is 146 Å². The average Bonchev–Trinajstić information content (AvgIpc) is 3.37. The molecule has 0 aliphatic heterocycles. The van der Waals surface area contributed by atoms with Crippen molar-refractivity contribution in [1.82, 2.24) is 15.6 Å². The fraction of sp³-hybridized carbons (Fsp3) is 0.474. The molecule has 132 valence electrons. The lowest BCUT2D eigenvalue weighted by atomic mass is 9.85. The first-order chi connectivity index (χ1) is 12.2. The zero-order valence-corrected chi connectivity index (χ0v) is 14.0. The van der Waals surface area contributed by atoms with Crippen LogP contribution in [0.3, 0.4) is 0 Å². The molecule has 0 spiro atoms. The molecule has 2 saturated carbocycles. The molecule has 2 amide bonds. The summed E-state index contributed by atoms with van der Waals surface area (Å²) in [6.45, 7) is 0.461. The summed E-state index contributed by atoms with van der Waals surface area (Å²) in [7, 11) is 0. The lowest BCUT2D eigenvalue weighted by Gasteiger charge is -2.30. The number of nitrogens with zero attached hydrogens (tertiary/aromatic N) is 1. The normalized spacial score (nSPS) is 27.4. The molecule has 2 aliphatic rings. The molecule has 25 heavy (non-hydrogen) atoms. The van der Waals surface area contributed by atoms with Crippen LogP contribution in [0.1, 0.15) is 25.0 Å². The second kappa shape index (κ2) is 6.88. The van der Waals surface area contributed by atoms with Crippen molar-refractivity contribution < 1.29 is 14.3 Å². The number of hydrogen-bond acceptors (Lipinski definition) is 4. The van der Waals surface area contributed by atoms with Crippen LogP contribution in [-0.2, 0) is 6.54 Å². The van der Waals surface area contributed by atoms with Crippen molar-refractivity contribution in [2.24, 2.45) is 17.8 Å². The molecule has 2 aromatic rings. The summed E-state index contributed by atoms with van der Waals surface area (Å²) in [6.07, 6.45) is 5.02. The molecule has 2 fully saturated rings. The number of fused-ring (bicyclic) bond motifs is 2. The highest BCUT2D eigenvalue weighted by atomic mass is 16.3. The third kappa shape index (κ3) is 3.26. The number of aliphatic hydroxyl groups is 1. The van der Waals surface area contributed by atoms with Gasteiger partial charge in [0.05, 0.1) is 12.2 Å². The van der Waals surface area contributed by atoms with E-state index in [0.29, 0.717) is 30.0 Å². The molecule has 1 aromatic heterocycles. The van der Waals surface area contributed by atoms with Crippen LogP contribution in [0.2, 0.25) is 0 Å². The number of oxazole rings is 1. The van der Waals surface area contributed by atoms with Gasteiger partial charge in [-0.25, -0.2) is 9.78 Å². The van der Waals surface area contributed by atoms with E-state index in [2.05, 4.69) is 15.6 Å². The fourth-order valence-corrected chi connectivity index (χ4v) is 4.37. The lowest BCUT2D eigenvalue weighted by molar-refractivity contribution is 0.144. The van der Waals surface area contributed by atoms with E-state index < -0.39 is 0 Å². The van der Waals surface area contributed by atoms with E-state index in [1.165, 1.54) is 6.42 Å². The van der Waals surface area contributed by atoms with Crippen LogP contribution in [-0.4, -0.2) is 28.8 Å². The third-order valence-corrected chi connectivity index (χ3v) is 5.60. The van der Waals surface area contributed by atoms with Crippen LogP contribution in [0.15, 0.2) is 41.0 Å². The first-order valence-electron chi connectivity index (χ1n) is 8.89. The van der Waals surface area contributed by atoms with Crippen LogP contribution in [0.25, 0.3) is 11.5 Å². The maximum absolute atomic E-state index is 12.2. The van der Waals surface area contributed by atoms with E-state index >= 15 is 0 Å². The Hall–Kier alpha value is -2.34. The first kappa shape index (κ1) is 16.1. The number of amides is 2. The second-order valence-corrected chi connectivity index (χ2v) is 7.04. The molecular formula is C19H23N3O3. The predicted molar refractivity (Wildman–Crippen MR) is 92.5 cm³/mol. The number of hydrogen-bond donors (Lipinski definition) is 3. The number of benzene rings is 1. The van der Waals surface area contributed by atoms with Crippen LogP contribution >= 0.6 is 0 Å². The quantitative estimate of drug-likeness (QED) is 0.780. The SMILES string of the molecule is O=C(NCc1coc(-c2ccccc2)n1)N[C@H]1[C@H]2CC[C@@H](C2)[C@H]1CO. The highest BCUT2D eigenvalue weighted by Crippen LogP contribution is 2.48. The highest BCUT2D eigenvalue weighted by Gasteiger charge is 2.47. The number of urea groups is 1. The van der Waals surface area contributed by atoms with Gasteiger partial charge in [-0.15, -0.1) is 0 Å². The molecule has 4 atom stereocenters. The minimum absolute atomic E-state index is 0.0842. The van der Waals surface area contributed by atoms with Gasteiger partial charge < -0.3 is 20.2 Å². The summed E-state index contributed by atoms with van der Waals surface area (Å²) in [6, 6.07) is 9.53. The standard InChI is InChI=1S/C19H23N3O3/c23-10-16-13-6-7-14(8-13)17(16)22-19(24)20-9-15-11-25-18(21-15)12-4-2-1-3-5-12/h1-5,11,13-14,16-17,23H,6-10H2,(H2,20,22,24)/t13-,14-,16+,17-/m0/s1. The third-order valence-electron chi connectivity index (χ3n) is 5.60. The number of aromatic nitrogens is 1.